The molecule has 11 nitrogen and oxygen atoms in total. The minimum Gasteiger partial charge on any atom is -0.478 e. The van der Waals surface area contributed by atoms with Crippen LogP contribution in [-0.2, 0) is 16.1 Å². The maximum atomic E-state index is 15.0. The van der Waals surface area contributed by atoms with Crippen LogP contribution >= 0.6 is 0 Å². The number of amides is 3. The summed E-state index contributed by atoms with van der Waals surface area (Å²) < 4.78 is 21.2. The van der Waals surface area contributed by atoms with Crippen molar-refractivity contribution in [2.75, 3.05) is 44.2 Å². The van der Waals surface area contributed by atoms with Crippen molar-refractivity contribution in [2.24, 2.45) is 5.92 Å². The van der Waals surface area contributed by atoms with Crippen molar-refractivity contribution < 1.29 is 28.6 Å². The summed E-state index contributed by atoms with van der Waals surface area (Å²) in [6.45, 7) is 6.39. The van der Waals surface area contributed by atoms with Crippen LogP contribution in [-0.4, -0.2) is 98.8 Å². The van der Waals surface area contributed by atoms with Crippen molar-refractivity contribution in [1.82, 2.24) is 24.9 Å². The van der Waals surface area contributed by atoms with Gasteiger partial charge < -0.3 is 29.4 Å². The third-order valence-electron chi connectivity index (χ3n) is 9.15. The second-order valence-electron chi connectivity index (χ2n) is 13.0. The molecule has 3 aromatic rings. The van der Waals surface area contributed by atoms with E-state index in [1.54, 1.807) is 37.2 Å². The number of nitrogens with one attached hydrogen (secondary N) is 1. The Labute approximate surface area is 267 Å². The number of carbonyl (C=O) groups is 3. The van der Waals surface area contributed by atoms with Gasteiger partial charge in [0, 0.05) is 80.9 Å². The Bertz CT molecular complexity index is 1570. The molecule has 244 valence electrons. The number of hydrogen-bond donors (Lipinski definition) is 2. The van der Waals surface area contributed by atoms with Gasteiger partial charge in [0.1, 0.15) is 11.6 Å². The summed E-state index contributed by atoms with van der Waals surface area (Å²) in [6.07, 6.45) is 5.83. The van der Waals surface area contributed by atoms with Crippen LogP contribution in [0.25, 0.3) is 11.1 Å². The molecule has 1 saturated carbocycles. The minimum atomic E-state index is -1.15. The number of halogens is 1. The van der Waals surface area contributed by atoms with Crippen LogP contribution in [0, 0.1) is 11.7 Å². The molecule has 1 unspecified atom stereocenters. The van der Waals surface area contributed by atoms with E-state index >= 15 is 0 Å². The molecule has 0 spiro atoms. The molecule has 46 heavy (non-hydrogen) atoms. The summed E-state index contributed by atoms with van der Waals surface area (Å²) in [5.41, 5.74) is 1.70. The van der Waals surface area contributed by atoms with Gasteiger partial charge in [-0.05, 0) is 63.3 Å². The molecule has 2 saturated heterocycles. The SMILES string of the molecule is CC(C)(Oc1cccc(N2CCCC(C(=O)N(Cc3ccc(-c4cn[nH]c4)c(F)c3)C3CC3)C2)c1)C(=O)N1CCN(C(=O)O)CC1. The van der Waals surface area contributed by atoms with E-state index in [4.69, 9.17) is 4.74 Å². The molecular weight excluding hydrogens is 591 g/mol. The largest absolute Gasteiger partial charge is 0.478 e. The van der Waals surface area contributed by atoms with Gasteiger partial charge in [0.05, 0.1) is 12.1 Å². The lowest BCUT2D eigenvalue weighted by Crippen LogP contribution is -2.56. The number of aromatic nitrogens is 2. The number of carbonyl (C=O) groups excluding carboxylic acids is 2. The highest BCUT2D eigenvalue weighted by atomic mass is 19.1. The van der Waals surface area contributed by atoms with Crippen molar-refractivity contribution in [1.29, 1.82) is 0 Å². The average Bonchev–Trinajstić information content (AvgIpc) is 3.76. The van der Waals surface area contributed by atoms with Gasteiger partial charge in [-0.15, -0.1) is 0 Å². The number of piperidine rings is 1. The number of aromatic amines is 1. The van der Waals surface area contributed by atoms with E-state index in [2.05, 4.69) is 15.1 Å². The fourth-order valence-electron chi connectivity index (χ4n) is 6.47. The number of nitrogens with zero attached hydrogens (tertiary/aromatic N) is 5. The fourth-order valence-corrected chi connectivity index (χ4v) is 6.47. The summed E-state index contributed by atoms with van der Waals surface area (Å²) in [6, 6.07) is 12.9. The monoisotopic (exact) mass is 632 g/mol. The molecule has 0 radical (unpaired) electrons. The zero-order chi connectivity index (χ0) is 32.4. The summed E-state index contributed by atoms with van der Waals surface area (Å²) in [5, 5.41) is 15.8. The predicted molar refractivity (Wildman–Crippen MR) is 170 cm³/mol. The number of anilines is 1. The quantitative estimate of drug-likeness (QED) is 0.354. The van der Waals surface area contributed by atoms with Crippen LogP contribution in [0.3, 0.4) is 0 Å². The lowest BCUT2D eigenvalue weighted by atomic mass is 9.95. The van der Waals surface area contributed by atoms with E-state index in [0.717, 1.165) is 43.5 Å². The van der Waals surface area contributed by atoms with Crippen LogP contribution in [0.1, 0.15) is 45.1 Å². The molecule has 12 heteroatoms. The van der Waals surface area contributed by atoms with Crippen molar-refractivity contribution in [3.63, 3.8) is 0 Å². The van der Waals surface area contributed by atoms with E-state index in [0.29, 0.717) is 43.1 Å². The third kappa shape index (κ3) is 6.95. The topological polar surface area (TPSA) is 122 Å². The van der Waals surface area contributed by atoms with E-state index in [1.807, 2.05) is 35.2 Å². The predicted octanol–water partition coefficient (Wildman–Crippen LogP) is 4.60. The first-order chi connectivity index (χ1) is 22.1. The highest BCUT2D eigenvalue weighted by molar-refractivity contribution is 5.85. The molecule has 0 bridgehead atoms. The van der Waals surface area contributed by atoms with Crippen molar-refractivity contribution in [2.45, 2.75) is 57.7 Å². The standard InChI is InChI=1S/C34H41FN6O5/c1-34(2,32(43)38-13-15-39(16-14-38)33(44)45)46-28-7-3-6-27(18-28)40-12-4-5-24(22-40)31(42)41(26-9-10-26)21-23-8-11-29(30(35)17-23)25-19-36-37-20-25/h3,6-8,11,17-20,24,26H,4-5,9-10,12-16,21-22H2,1-2H3,(H,36,37)(H,44,45). The number of ether oxygens (including phenoxy) is 1. The molecule has 1 atom stereocenters. The molecule has 3 aliphatic rings. The third-order valence-corrected chi connectivity index (χ3v) is 9.15. The first kappa shape index (κ1) is 31.4. The Kier molecular flexibility index (Phi) is 8.88. The van der Waals surface area contributed by atoms with Gasteiger partial charge in [0.15, 0.2) is 5.60 Å². The molecule has 3 fully saturated rings. The van der Waals surface area contributed by atoms with E-state index in [1.165, 1.54) is 11.0 Å². The molecule has 2 aliphatic heterocycles. The van der Waals surface area contributed by atoms with Crippen LogP contribution < -0.4 is 9.64 Å². The van der Waals surface area contributed by atoms with Gasteiger partial charge in [-0.25, -0.2) is 9.18 Å². The first-order valence-electron chi connectivity index (χ1n) is 16.0. The maximum absolute atomic E-state index is 15.0. The highest BCUT2D eigenvalue weighted by Crippen LogP contribution is 2.34. The lowest BCUT2D eigenvalue weighted by Gasteiger charge is -2.38. The lowest BCUT2D eigenvalue weighted by molar-refractivity contribution is -0.147. The highest BCUT2D eigenvalue weighted by Gasteiger charge is 2.38. The van der Waals surface area contributed by atoms with E-state index < -0.39 is 11.7 Å². The van der Waals surface area contributed by atoms with E-state index in [-0.39, 0.29) is 42.7 Å². The Morgan fingerprint density at radius 3 is 2.48 bits per heavy atom. The normalized spacial score (nSPS) is 18.8. The van der Waals surface area contributed by atoms with Crippen LogP contribution in [0.5, 0.6) is 5.75 Å². The summed E-state index contributed by atoms with van der Waals surface area (Å²) in [5.74, 6) is -0.0551. The second-order valence-corrected chi connectivity index (χ2v) is 13.0. The number of hydrogen-bond acceptors (Lipinski definition) is 6. The second kappa shape index (κ2) is 13.0. The Morgan fingerprint density at radius 2 is 1.80 bits per heavy atom. The molecule has 6 rings (SSSR count). The molecule has 2 N–H and O–H groups in total. The van der Waals surface area contributed by atoms with Gasteiger partial charge >= 0.3 is 6.09 Å². The molecule has 1 aromatic heterocycles. The summed E-state index contributed by atoms with van der Waals surface area (Å²) in [4.78, 5) is 45.6. The van der Waals surface area contributed by atoms with Gasteiger partial charge in [-0.1, -0.05) is 18.2 Å². The number of H-pyrrole nitrogens is 1. The van der Waals surface area contributed by atoms with Crippen LogP contribution in [0.15, 0.2) is 54.9 Å². The molecule has 1 aliphatic carbocycles. The maximum Gasteiger partial charge on any atom is 0.407 e. The van der Waals surface area contributed by atoms with E-state index in [9.17, 15) is 23.9 Å². The smallest absolute Gasteiger partial charge is 0.407 e. The Morgan fingerprint density at radius 1 is 1.04 bits per heavy atom. The van der Waals surface area contributed by atoms with Crippen molar-refractivity contribution in [3.05, 3.63) is 66.2 Å². The number of piperazine rings is 1. The zero-order valence-electron chi connectivity index (χ0n) is 26.3. The number of carboxylic acid groups (broad SMARTS) is 1. The Balaban J connectivity index is 1.09. The van der Waals surface area contributed by atoms with Crippen LogP contribution in [0.2, 0.25) is 0 Å². The van der Waals surface area contributed by atoms with Gasteiger partial charge in [0.25, 0.3) is 5.91 Å². The van der Waals surface area contributed by atoms with Gasteiger partial charge in [-0.2, -0.15) is 5.10 Å². The average molecular weight is 633 g/mol. The van der Waals surface area contributed by atoms with Crippen LogP contribution in [0.4, 0.5) is 14.9 Å². The Hall–Kier alpha value is -4.61. The minimum absolute atomic E-state index is 0.105. The number of rotatable bonds is 9. The molecule has 2 aromatic carbocycles. The number of benzene rings is 2. The molecular formula is C34H41FN6O5. The molecule has 3 amide bonds. The summed E-state index contributed by atoms with van der Waals surface area (Å²) in [7, 11) is 0. The van der Waals surface area contributed by atoms with Crippen molar-refractivity contribution in [3.8, 4) is 16.9 Å². The zero-order valence-corrected chi connectivity index (χ0v) is 26.3. The van der Waals surface area contributed by atoms with Gasteiger partial charge in [-0.3, -0.25) is 14.7 Å². The summed E-state index contributed by atoms with van der Waals surface area (Å²) >= 11 is 0. The van der Waals surface area contributed by atoms with Crippen molar-refractivity contribution >= 4 is 23.6 Å². The fraction of sp³-hybridized carbons (Fsp3) is 0.471. The first-order valence-corrected chi connectivity index (χ1v) is 16.0. The van der Waals surface area contributed by atoms with Gasteiger partial charge in [0.2, 0.25) is 5.91 Å². The molecule has 3 heterocycles.